The van der Waals surface area contributed by atoms with Crippen molar-refractivity contribution >= 4 is 17.0 Å². The molecule has 0 unspecified atom stereocenters. The van der Waals surface area contributed by atoms with Crippen LogP contribution in [-0.2, 0) is 20.8 Å². The van der Waals surface area contributed by atoms with Gasteiger partial charge in [-0.15, -0.1) is 0 Å². The molecule has 0 bridgehead atoms. The molecule has 0 amide bonds. The third-order valence-electron chi connectivity index (χ3n) is 2.05. The topological polar surface area (TPSA) is 0 Å². The van der Waals surface area contributed by atoms with Crippen LogP contribution in [-0.4, -0.2) is 0 Å². The standard InChI is InChI=1S/C11H17.2ClH.Zr/c1-8-6-9(2)10(7-8)11(3,4)5;;;/h6-7H,1-5H3;2*1H;/q;;;+2/p-2. The molecule has 1 aliphatic rings. The zero-order valence-corrected chi connectivity index (χ0v) is 13.4. The van der Waals surface area contributed by atoms with Crippen LogP contribution in [0.25, 0.3) is 0 Å². The first-order valence-electron chi connectivity index (χ1n) is 4.53. The van der Waals surface area contributed by atoms with E-state index in [1.165, 1.54) is 16.7 Å². The number of allylic oxidation sites excluding steroid dienone is 4. The van der Waals surface area contributed by atoms with E-state index in [0.29, 0.717) is 5.41 Å². The molecule has 0 aliphatic heterocycles. The van der Waals surface area contributed by atoms with E-state index in [-0.39, 0.29) is 0 Å². The second-order valence-electron chi connectivity index (χ2n) is 4.45. The van der Waals surface area contributed by atoms with Gasteiger partial charge in [-0.1, -0.05) is 38.0 Å². The summed E-state index contributed by atoms with van der Waals surface area (Å²) in [7, 11) is 9.87. The van der Waals surface area contributed by atoms with Crippen LogP contribution in [0.2, 0.25) is 0 Å². The van der Waals surface area contributed by atoms with Gasteiger partial charge in [0.1, 0.15) is 0 Å². The quantitative estimate of drug-likeness (QED) is 0.597. The molecule has 79 valence electrons. The van der Waals surface area contributed by atoms with E-state index in [4.69, 9.17) is 17.0 Å². The van der Waals surface area contributed by atoms with Gasteiger partial charge in [0.25, 0.3) is 0 Å². The van der Waals surface area contributed by atoms with Crippen LogP contribution < -0.4 is 0 Å². The molecule has 1 rings (SSSR count). The first kappa shape index (κ1) is 14.9. The number of halogens is 2. The zero-order valence-electron chi connectivity index (χ0n) is 9.41. The van der Waals surface area contributed by atoms with Crippen molar-refractivity contribution in [3.8, 4) is 0 Å². The molecule has 0 saturated heterocycles. The fraction of sp³-hybridized carbons (Fsp3) is 0.545. The molecular weight excluding hydrogens is 294 g/mol. The number of hydrogen-bond acceptors (Lipinski definition) is 0. The summed E-state index contributed by atoms with van der Waals surface area (Å²) < 4.78 is 0. The molecule has 1 radical (unpaired) electrons. The Hall–Kier alpha value is 0.943. The van der Waals surface area contributed by atoms with Crippen molar-refractivity contribution in [3.05, 3.63) is 29.2 Å². The fourth-order valence-corrected chi connectivity index (χ4v) is 1.61. The third-order valence-corrected chi connectivity index (χ3v) is 2.05. The Morgan fingerprint density at radius 3 is 1.71 bits per heavy atom. The summed E-state index contributed by atoms with van der Waals surface area (Å²) >= 11 is -0.826. The zero-order chi connectivity index (χ0) is 11.4. The van der Waals surface area contributed by atoms with Gasteiger partial charge in [0, 0.05) is 6.42 Å². The second-order valence-corrected chi connectivity index (χ2v) is 8.18. The molecule has 3 heteroatoms. The van der Waals surface area contributed by atoms with E-state index in [2.05, 4.69) is 47.1 Å². The van der Waals surface area contributed by atoms with Crippen molar-refractivity contribution in [3.63, 3.8) is 0 Å². The minimum atomic E-state index is -0.826. The van der Waals surface area contributed by atoms with Crippen molar-refractivity contribution < 1.29 is 20.8 Å². The molecular formula is C11H17Cl2Zr. The molecule has 0 saturated carbocycles. The van der Waals surface area contributed by atoms with Crippen LogP contribution in [0.15, 0.2) is 22.8 Å². The molecule has 0 aromatic rings. The Bertz CT molecular complexity index is 247. The Labute approximate surface area is 106 Å². The van der Waals surface area contributed by atoms with Crippen LogP contribution in [0.5, 0.6) is 0 Å². The maximum absolute atomic E-state index is 4.93. The van der Waals surface area contributed by atoms with Crippen molar-refractivity contribution in [2.45, 2.75) is 34.6 Å². The summed E-state index contributed by atoms with van der Waals surface area (Å²) in [6.07, 6.45) is 4.54. The first-order chi connectivity index (χ1) is 6.32. The molecule has 0 aromatic carbocycles. The van der Waals surface area contributed by atoms with Gasteiger partial charge in [-0.05, 0) is 24.8 Å². The molecule has 0 atom stereocenters. The number of rotatable bonds is 0. The molecule has 1 aliphatic carbocycles. The van der Waals surface area contributed by atoms with Gasteiger partial charge in [0.05, 0.1) is 0 Å². The minimum absolute atomic E-state index is 0.304. The van der Waals surface area contributed by atoms with Gasteiger partial charge < -0.3 is 0 Å². The summed E-state index contributed by atoms with van der Waals surface area (Å²) in [6, 6.07) is 0. The van der Waals surface area contributed by atoms with Gasteiger partial charge in [0.15, 0.2) is 0 Å². The van der Waals surface area contributed by atoms with Crippen molar-refractivity contribution in [2.24, 2.45) is 5.41 Å². The molecule has 0 heterocycles. The molecule has 0 fully saturated rings. The Balaban J connectivity index is 0.000000500. The van der Waals surface area contributed by atoms with E-state index in [0.717, 1.165) is 0 Å². The van der Waals surface area contributed by atoms with Crippen molar-refractivity contribution in [1.82, 2.24) is 0 Å². The summed E-state index contributed by atoms with van der Waals surface area (Å²) in [5.74, 6) is 0. The van der Waals surface area contributed by atoms with E-state index >= 15 is 0 Å². The predicted molar refractivity (Wildman–Crippen MR) is 61.9 cm³/mol. The van der Waals surface area contributed by atoms with Crippen molar-refractivity contribution in [1.29, 1.82) is 0 Å². The van der Waals surface area contributed by atoms with Crippen LogP contribution in [0.3, 0.4) is 0 Å². The van der Waals surface area contributed by atoms with E-state index in [9.17, 15) is 0 Å². The summed E-state index contributed by atoms with van der Waals surface area (Å²) in [5, 5.41) is 0. The van der Waals surface area contributed by atoms with Gasteiger partial charge in [-0.2, -0.15) is 0 Å². The van der Waals surface area contributed by atoms with Crippen LogP contribution >= 0.6 is 17.0 Å². The summed E-state index contributed by atoms with van der Waals surface area (Å²) in [5.41, 5.74) is 4.59. The Morgan fingerprint density at radius 1 is 1.14 bits per heavy atom. The summed E-state index contributed by atoms with van der Waals surface area (Å²) in [6.45, 7) is 11.1. The first-order valence-corrected chi connectivity index (χ1v) is 10.9. The van der Waals surface area contributed by atoms with E-state index in [1.807, 2.05) is 0 Å². The van der Waals surface area contributed by atoms with E-state index in [1.54, 1.807) is 0 Å². The Morgan fingerprint density at radius 2 is 1.57 bits per heavy atom. The average molecular weight is 311 g/mol. The van der Waals surface area contributed by atoms with Crippen LogP contribution in [0.1, 0.15) is 34.6 Å². The van der Waals surface area contributed by atoms with Gasteiger partial charge in [0.2, 0.25) is 0 Å². The van der Waals surface area contributed by atoms with Gasteiger partial charge in [-0.25, -0.2) is 0 Å². The van der Waals surface area contributed by atoms with Crippen LogP contribution in [0.4, 0.5) is 0 Å². The SMILES string of the molecule is CC1=CC(C(C)(C)C)=C(C)[CH]1.[Cl][Zr][Cl]. The molecule has 14 heavy (non-hydrogen) atoms. The van der Waals surface area contributed by atoms with Gasteiger partial charge >= 0.3 is 37.9 Å². The van der Waals surface area contributed by atoms with Crippen molar-refractivity contribution in [2.75, 3.05) is 0 Å². The number of hydrogen-bond donors (Lipinski definition) is 0. The Kier molecular flexibility index (Phi) is 6.95. The molecule has 0 N–H and O–H groups in total. The summed E-state index contributed by atoms with van der Waals surface area (Å²) in [4.78, 5) is 0. The average Bonchev–Trinajstić information content (AvgIpc) is 2.30. The fourth-order valence-electron chi connectivity index (χ4n) is 1.61. The predicted octanol–water partition coefficient (Wildman–Crippen LogP) is 4.89. The van der Waals surface area contributed by atoms with Gasteiger partial charge in [-0.3, -0.25) is 0 Å². The molecule has 0 nitrogen and oxygen atoms in total. The molecule has 0 aromatic heterocycles. The third kappa shape index (κ3) is 5.14. The molecule has 0 spiro atoms. The second kappa shape index (κ2) is 6.51. The maximum atomic E-state index is 4.93. The van der Waals surface area contributed by atoms with E-state index < -0.39 is 20.8 Å². The normalized spacial score (nSPS) is 16.1. The monoisotopic (exact) mass is 309 g/mol. The van der Waals surface area contributed by atoms with Crippen LogP contribution in [0, 0.1) is 11.8 Å².